The number of hydrogen-bond donors (Lipinski definition) is 1. The third-order valence-electron chi connectivity index (χ3n) is 5.46. The molecule has 1 aromatic rings. The van der Waals surface area contributed by atoms with Crippen LogP contribution in [-0.4, -0.2) is 11.2 Å². The molecule has 1 heteroatoms. The van der Waals surface area contributed by atoms with E-state index in [2.05, 4.69) is 31.2 Å². The predicted octanol–water partition coefficient (Wildman–Crippen LogP) is 7.85. The highest BCUT2D eigenvalue weighted by molar-refractivity contribution is 5.15. The molecule has 0 aromatic heterocycles. The average molecular weight is 361 g/mol. The van der Waals surface area contributed by atoms with E-state index in [4.69, 9.17) is 0 Å². The topological polar surface area (TPSA) is 20.2 Å². The van der Waals surface area contributed by atoms with Crippen molar-refractivity contribution in [2.24, 2.45) is 0 Å². The van der Waals surface area contributed by atoms with Crippen LogP contribution in [0.15, 0.2) is 30.3 Å². The van der Waals surface area contributed by atoms with Gasteiger partial charge in [0.05, 0.1) is 6.10 Å². The Hall–Kier alpha value is -0.820. The van der Waals surface area contributed by atoms with Crippen molar-refractivity contribution in [2.75, 3.05) is 0 Å². The van der Waals surface area contributed by atoms with Crippen LogP contribution in [0.5, 0.6) is 0 Å². The van der Waals surface area contributed by atoms with E-state index in [0.29, 0.717) is 0 Å². The lowest BCUT2D eigenvalue weighted by molar-refractivity contribution is 0.161. The lowest BCUT2D eigenvalue weighted by Crippen LogP contribution is -2.10. The van der Waals surface area contributed by atoms with Gasteiger partial charge in [0, 0.05) is 0 Å². The second-order valence-electron chi connectivity index (χ2n) is 8.08. The van der Waals surface area contributed by atoms with Crippen molar-refractivity contribution in [2.45, 2.75) is 122 Å². The van der Waals surface area contributed by atoms with Gasteiger partial charge in [0.25, 0.3) is 0 Å². The van der Waals surface area contributed by atoms with Crippen molar-refractivity contribution < 1.29 is 5.11 Å². The van der Waals surface area contributed by atoms with Gasteiger partial charge in [-0.15, -0.1) is 0 Å². The summed E-state index contributed by atoms with van der Waals surface area (Å²) in [5.41, 5.74) is 1.25. The van der Waals surface area contributed by atoms with Gasteiger partial charge in [-0.05, 0) is 18.4 Å². The summed E-state index contributed by atoms with van der Waals surface area (Å²) in [6.07, 6.45) is 22.5. The van der Waals surface area contributed by atoms with E-state index in [9.17, 15) is 5.11 Å². The first kappa shape index (κ1) is 23.2. The molecule has 0 aliphatic carbocycles. The Morgan fingerprint density at radius 3 is 1.50 bits per heavy atom. The summed E-state index contributed by atoms with van der Waals surface area (Å²) in [6, 6.07) is 10.3. The van der Waals surface area contributed by atoms with Gasteiger partial charge < -0.3 is 5.11 Å². The van der Waals surface area contributed by atoms with Crippen LogP contribution < -0.4 is 0 Å². The summed E-state index contributed by atoms with van der Waals surface area (Å²) in [6.45, 7) is 2.29. The first-order valence-corrected chi connectivity index (χ1v) is 11.5. The molecular weight excluding hydrogens is 316 g/mol. The zero-order chi connectivity index (χ0) is 18.7. The second kappa shape index (κ2) is 17.6. The summed E-state index contributed by atoms with van der Waals surface area (Å²) < 4.78 is 0. The molecule has 0 aliphatic rings. The molecular formula is C25H44O. The first-order chi connectivity index (χ1) is 12.8. The van der Waals surface area contributed by atoms with Gasteiger partial charge in [-0.25, -0.2) is 0 Å². The van der Waals surface area contributed by atoms with Crippen LogP contribution in [0.4, 0.5) is 0 Å². The van der Waals surface area contributed by atoms with Gasteiger partial charge in [-0.1, -0.05) is 134 Å². The molecule has 0 amide bonds. The Labute approximate surface area is 163 Å². The normalized spacial score (nSPS) is 12.4. The number of aliphatic hydroxyl groups is 1. The second-order valence-corrected chi connectivity index (χ2v) is 8.08. The number of unbranched alkanes of at least 4 members (excludes halogenated alkanes) is 14. The van der Waals surface area contributed by atoms with E-state index in [-0.39, 0.29) is 6.10 Å². The molecule has 0 heterocycles. The van der Waals surface area contributed by atoms with Crippen molar-refractivity contribution >= 4 is 0 Å². The highest BCUT2D eigenvalue weighted by atomic mass is 16.3. The molecule has 1 atom stereocenters. The summed E-state index contributed by atoms with van der Waals surface area (Å²) in [5, 5.41) is 10.1. The van der Waals surface area contributed by atoms with Crippen molar-refractivity contribution in [1.29, 1.82) is 0 Å². The van der Waals surface area contributed by atoms with E-state index in [0.717, 1.165) is 12.8 Å². The third kappa shape index (κ3) is 14.4. The fraction of sp³-hybridized carbons (Fsp3) is 0.760. The molecule has 0 spiro atoms. The van der Waals surface area contributed by atoms with Gasteiger partial charge in [0.1, 0.15) is 0 Å². The average Bonchev–Trinajstić information content (AvgIpc) is 2.65. The van der Waals surface area contributed by atoms with Crippen molar-refractivity contribution in [1.82, 2.24) is 0 Å². The zero-order valence-electron chi connectivity index (χ0n) is 17.4. The lowest BCUT2D eigenvalue weighted by atomic mass is 10.0. The highest BCUT2D eigenvalue weighted by Crippen LogP contribution is 2.15. The lowest BCUT2D eigenvalue weighted by Gasteiger charge is -2.10. The minimum absolute atomic E-state index is 0.167. The minimum Gasteiger partial charge on any atom is -0.393 e. The van der Waals surface area contributed by atoms with Gasteiger partial charge in [-0.2, -0.15) is 0 Å². The fourth-order valence-corrected chi connectivity index (χ4v) is 3.74. The van der Waals surface area contributed by atoms with Crippen LogP contribution in [0.1, 0.15) is 115 Å². The standard InChI is InChI=1S/C25H44O/c1-2-3-4-5-6-7-8-9-10-11-12-13-14-15-19-22-25(26)23-24-20-17-16-18-21-24/h16-18,20-21,25-26H,2-15,19,22-23H2,1H3. The van der Waals surface area contributed by atoms with Gasteiger partial charge in [-0.3, -0.25) is 0 Å². The molecule has 26 heavy (non-hydrogen) atoms. The van der Waals surface area contributed by atoms with Crippen LogP contribution in [0.2, 0.25) is 0 Å². The van der Waals surface area contributed by atoms with Crippen LogP contribution >= 0.6 is 0 Å². The molecule has 1 aromatic carbocycles. The molecule has 0 bridgehead atoms. The largest absolute Gasteiger partial charge is 0.393 e. The molecule has 0 radical (unpaired) electrons. The van der Waals surface area contributed by atoms with E-state index in [1.165, 1.54) is 102 Å². The predicted molar refractivity (Wildman–Crippen MR) is 116 cm³/mol. The molecule has 1 rings (SSSR count). The van der Waals surface area contributed by atoms with E-state index < -0.39 is 0 Å². The number of benzene rings is 1. The van der Waals surface area contributed by atoms with Crippen molar-refractivity contribution in [3.8, 4) is 0 Å². The molecule has 1 unspecified atom stereocenters. The molecule has 1 nitrogen and oxygen atoms in total. The smallest absolute Gasteiger partial charge is 0.0580 e. The monoisotopic (exact) mass is 360 g/mol. The summed E-state index contributed by atoms with van der Waals surface area (Å²) in [7, 11) is 0. The Bertz CT molecular complexity index is 386. The summed E-state index contributed by atoms with van der Waals surface area (Å²) >= 11 is 0. The Morgan fingerprint density at radius 1 is 0.615 bits per heavy atom. The van der Waals surface area contributed by atoms with Crippen molar-refractivity contribution in [3.63, 3.8) is 0 Å². The van der Waals surface area contributed by atoms with Gasteiger partial charge in [0.2, 0.25) is 0 Å². The number of hydrogen-bond acceptors (Lipinski definition) is 1. The van der Waals surface area contributed by atoms with Gasteiger partial charge in [0.15, 0.2) is 0 Å². The molecule has 0 saturated heterocycles. The van der Waals surface area contributed by atoms with Crippen LogP contribution in [0.3, 0.4) is 0 Å². The Kier molecular flexibility index (Phi) is 15.7. The summed E-state index contributed by atoms with van der Waals surface area (Å²) in [4.78, 5) is 0. The molecule has 1 N–H and O–H groups in total. The van der Waals surface area contributed by atoms with Crippen molar-refractivity contribution in [3.05, 3.63) is 35.9 Å². The quantitative estimate of drug-likeness (QED) is 0.264. The summed E-state index contributed by atoms with van der Waals surface area (Å²) in [5.74, 6) is 0. The molecule has 0 fully saturated rings. The van der Waals surface area contributed by atoms with E-state index in [1.54, 1.807) is 0 Å². The zero-order valence-corrected chi connectivity index (χ0v) is 17.4. The Balaban J connectivity index is 1.77. The van der Waals surface area contributed by atoms with E-state index >= 15 is 0 Å². The fourth-order valence-electron chi connectivity index (χ4n) is 3.74. The highest BCUT2D eigenvalue weighted by Gasteiger charge is 2.04. The first-order valence-electron chi connectivity index (χ1n) is 11.5. The SMILES string of the molecule is CCCCCCCCCCCCCCCCCC(O)Cc1ccccc1. The maximum atomic E-state index is 10.1. The maximum absolute atomic E-state index is 10.1. The van der Waals surface area contributed by atoms with Crippen LogP contribution in [-0.2, 0) is 6.42 Å². The van der Waals surface area contributed by atoms with Crippen LogP contribution in [0, 0.1) is 0 Å². The molecule has 0 aliphatic heterocycles. The third-order valence-corrected chi connectivity index (χ3v) is 5.46. The Morgan fingerprint density at radius 2 is 1.04 bits per heavy atom. The van der Waals surface area contributed by atoms with E-state index in [1.807, 2.05) is 6.07 Å². The molecule has 0 saturated carbocycles. The maximum Gasteiger partial charge on any atom is 0.0580 e. The molecule has 150 valence electrons. The number of aliphatic hydroxyl groups excluding tert-OH is 1. The van der Waals surface area contributed by atoms with Crippen LogP contribution in [0.25, 0.3) is 0 Å². The van der Waals surface area contributed by atoms with Gasteiger partial charge >= 0.3 is 0 Å². The number of rotatable bonds is 18. The minimum atomic E-state index is -0.167.